The fourth-order valence-corrected chi connectivity index (χ4v) is 4.36. The number of nitrogens with zero attached hydrogens (tertiary/aromatic N) is 4. The van der Waals surface area contributed by atoms with Crippen LogP contribution in [-0.2, 0) is 4.79 Å². The zero-order valence-electron chi connectivity index (χ0n) is 18.9. The second kappa shape index (κ2) is 9.74. The third kappa shape index (κ3) is 5.08. The van der Waals surface area contributed by atoms with Crippen LogP contribution < -0.4 is 16.0 Å². The summed E-state index contributed by atoms with van der Waals surface area (Å²) >= 11 is 6.01. The number of rotatable bonds is 6. The van der Waals surface area contributed by atoms with Gasteiger partial charge in [0, 0.05) is 37.4 Å². The maximum Gasteiger partial charge on any atom is 0.255 e. The SMILES string of the molecule is CNC(=O)[C@H]1CC[C@H](NC(=O)c2cnc(-c3cnn4cc(Cl)cnc34)cc2NC(C)C)CC1. The van der Waals surface area contributed by atoms with E-state index in [4.69, 9.17) is 11.6 Å². The molecule has 0 atom stereocenters. The number of aromatic nitrogens is 4. The van der Waals surface area contributed by atoms with Gasteiger partial charge in [-0.3, -0.25) is 14.6 Å². The standard InChI is InChI=1S/C23H28ClN7O2/c1-13(2)29-20-8-19(17-11-28-31-12-15(24)9-27-21(17)31)26-10-18(20)23(33)30-16-6-4-14(5-7-16)22(32)25-3/h8-14,16H,4-7H2,1-3H3,(H,25,32)(H,26,29)(H,30,33)/t14-,16-. The second-order valence-corrected chi connectivity index (χ2v) is 9.09. The molecule has 0 aliphatic heterocycles. The lowest BCUT2D eigenvalue weighted by Crippen LogP contribution is -2.40. The number of pyridine rings is 1. The van der Waals surface area contributed by atoms with E-state index < -0.39 is 0 Å². The van der Waals surface area contributed by atoms with E-state index in [9.17, 15) is 9.59 Å². The fourth-order valence-electron chi connectivity index (χ4n) is 4.21. The molecule has 3 N–H and O–H groups in total. The van der Waals surface area contributed by atoms with Gasteiger partial charge >= 0.3 is 0 Å². The highest BCUT2D eigenvalue weighted by Gasteiger charge is 2.27. The Kier molecular flexibility index (Phi) is 6.78. The van der Waals surface area contributed by atoms with E-state index >= 15 is 0 Å². The molecular formula is C23H28ClN7O2. The highest BCUT2D eigenvalue weighted by Crippen LogP contribution is 2.28. The van der Waals surface area contributed by atoms with Crippen LogP contribution in [0.4, 0.5) is 5.69 Å². The monoisotopic (exact) mass is 469 g/mol. The number of carbonyl (C=O) groups is 2. The Labute approximate surface area is 197 Å². The van der Waals surface area contributed by atoms with Gasteiger partial charge in [0.2, 0.25) is 5.91 Å². The van der Waals surface area contributed by atoms with Gasteiger partial charge in [0.1, 0.15) is 0 Å². The quantitative estimate of drug-likeness (QED) is 0.510. The average Bonchev–Trinajstić information content (AvgIpc) is 3.21. The van der Waals surface area contributed by atoms with Crippen LogP contribution in [0.2, 0.25) is 5.02 Å². The minimum Gasteiger partial charge on any atom is -0.382 e. The number of amides is 2. The summed E-state index contributed by atoms with van der Waals surface area (Å²) in [4.78, 5) is 33.9. The molecule has 1 aliphatic carbocycles. The first kappa shape index (κ1) is 23.0. The maximum atomic E-state index is 13.1. The normalized spacial score (nSPS) is 18.3. The Balaban J connectivity index is 1.55. The first-order chi connectivity index (χ1) is 15.9. The molecule has 1 saturated carbocycles. The number of fused-ring (bicyclic) bond motifs is 1. The molecule has 3 heterocycles. The summed E-state index contributed by atoms with van der Waals surface area (Å²) in [5, 5.41) is 14.0. The molecule has 9 nitrogen and oxygen atoms in total. The topological polar surface area (TPSA) is 113 Å². The van der Waals surface area contributed by atoms with E-state index in [2.05, 4.69) is 31.0 Å². The number of anilines is 1. The van der Waals surface area contributed by atoms with Gasteiger partial charge in [0.25, 0.3) is 5.91 Å². The largest absolute Gasteiger partial charge is 0.382 e. The molecule has 0 bridgehead atoms. The van der Waals surface area contributed by atoms with E-state index in [0.717, 1.165) is 31.2 Å². The van der Waals surface area contributed by atoms with E-state index in [1.807, 2.05) is 19.9 Å². The van der Waals surface area contributed by atoms with Crippen molar-refractivity contribution >= 4 is 34.7 Å². The van der Waals surface area contributed by atoms with Crippen molar-refractivity contribution in [1.29, 1.82) is 0 Å². The van der Waals surface area contributed by atoms with Gasteiger partial charge in [-0.15, -0.1) is 0 Å². The summed E-state index contributed by atoms with van der Waals surface area (Å²) in [5.41, 5.74) is 3.21. The number of hydrogen-bond donors (Lipinski definition) is 3. The van der Waals surface area contributed by atoms with Crippen molar-refractivity contribution in [2.75, 3.05) is 12.4 Å². The van der Waals surface area contributed by atoms with Gasteiger partial charge < -0.3 is 16.0 Å². The van der Waals surface area contributed by atoms with Crippen molar-refractivity contribution in [2.45, 2.75) is 51.6 Å². The Morgan fingerprint density at radius 2 is 1.88 bits per heavy atom. The van der Waals surface area contributed by atoms with Gasteiger partial charge in [-0.2, -0.15) is 5.10 Å². The third-order valence-corrected chi connectivity index (χ3v) is 6.07. The number of hydrogen-bond acceptors (Lipinski definition) is 6. The Morgan fingerprint density at radius 1 is 1.12 bits per heavy atom. The third-order valence-electron chi connectivity index (χ3n) is 5.87. The lowest BCUT2D eigenvalue weighted by Gasteiger charge is -2.28. The molecule has 1 aliphatic rings. The number of halogens is 1. The predicted octanol–water partition coefficient (Wildman–Crippen LogP) is 3.30. The van der Waals surface area contributed by atoms with Crippen LogP contribution in [0.15, 0.2) is 30.9 Å². The molecule has 3 aromatic heterocycles. The Bertz CT molecular complexity index is 1170. The van der Waals surface area contributed by atoms with E-state index in [-0.39, 0.29) is 29.8 Å². The van der Waals surface area contributed by atoms with Gasteiger partial charge in [0.15, 0.2) is 5.65 Å². The number of nitrogens with one attached hydrogen (secondary N) is 3. The molecule has 33 heavy (non-hydrogen) atoms. The Hall–Kier alpha value is -3.20. The van der Waals surface area contributed by atoms with Gasteiger partial charge in [0.05, 0.1) is 39.9 Å². The van der Waals surface area contributed by atoms with Gasteiger partial charge in [-0.25, -0.2) is 9.50 Å². The zero-order chi connectivity index (χ0) is 23.5. The van der Waals surface area contributed by atoms with E-state index in [0.29, 0.717) is 27.6 Å². The summed E-state index contributed by atoms with van der Waals surface area (Å²) in [5.74, 6) is -0.0746. The lowest BCUT2D eigenvalue weighted by molar-refractivity contribution is -0.125. The van der Waals surface area contributed by atoms with Gasteiger partial charge in [-0.1, -0.05) is 11.6 Å². The van der Waals surface area contributed by atoms with Crippen molar-refractivity contribution in [3.63, 3.8) is 0 Å². The van der Waals surface area contributed by atoms with E-state index in [1.54, 1.807) is 36.4 Å². The summed E-state index contributed by atoms with van der Waals surface area (Å²) in [6.45, 7) is 4.03. The minimum atomic E-state index is -0.176. The molecule has 0 spiro atoms. The van der Waals surface area contributed by atoms with Crippen molar-refractivity contribution in [2.24, 2.45) is 5.92 Å². The highest BCUT2D eigenvalue weighted by molar-refractivity contribution is 6.30. The summed E-state index contributed by atoms with van der Waals surface area (Å²) in [6.07, 6.45) is 9.61. The molecule has 10 heteroatoms. The first-order valence-corrected chi connectivity index (χ1v) is 11.5. The molecular weight excluding hydrogens is 442 g/mol. The second-order valence-electron chi connectivity index (χ2n) is 8.65. The molecule has 174 valence electrons. The molecule has 2 amide bonds. The fraction of sp³-hybridized carbons (Fsp3) is 0.435. The van der Waals surface area contributed by atoms with Crippen LogP contribution in [0, 0.1) is 5.92 Å². The van der Waals surface area contributed by atoms with Crippen molar-refractivity contribution in [1.82, 2.24) is 30.2 Å². The molecule has 0 unspecified atom stereocenters. The smallest absolute Gasteiger partial charge is 0.255 e. The molecule has 3 aromatic rings. The van der Waals surface area contributed by atoms with Crippen LogP contribution in [0.1, 0.15) is 49.9 Å². The van der Waals surface area contributed by atoms with E-state index in [1.165, 1.54) is 0 Å². The molecule has 4 rings (SSSR count). The van der Waals surface area contributed by atoms with Crippen LogP contribution in [-0.4, -0.2) is 50.5 Å². The minimum absolute atomic E-state index is 0.0246. The van der Waals surface area contributed by atoms with Crippen LogP contribution in [0.25, 0.3) is 16.9 Å². The lowest BCUT2D eigenvalue weighted by atomic mass is 9.85. The van der Waals surface area contributed by atoms with Crippen LogP contribution in [0.3, 0.4) is 0 Å². The average molecular weight is 470 g/mol. The molecule has 0 radical (unpaired) electrons. The molecule has 1 fully saturated rings. The highest BCUT2D eigenvalue weighted by atomic mass is 35.5. The predicted molar refractivity (Wildman–Crippen MR) is 127 cm³/mol. The van der Waals surface area contributed by atoms with Gasteiger partial charge in [-0.05, 0) is 45.6 Å². The zero-order valence-corrected chi connectivity index (χ0v) is 19.7. The van der Waals surface area contributed by atoms with Crippen LogP contribution in [0.5, 0.6) is 0 Å². The summed E-state index contributed by atoms with van der Waals surface area (Å²) in [7, 11) is 1.66. The Morgan fingerprint density at radius 3 is 2.58 bits per heavy atom. The van der Waals surface area contributed by atoms with Crippen molar-refractivity contribution in [3.05, 3.63) is 41.4 Å². The first-order valence-electron chi connectivity index (χ1n) is 11.1. The molecule has 0 saturated heterocycles. The van der Waals surface area contributed by atoms with Crippen molar-refractivity contribution in [3.8, 4) is 11.3 Å². The summed E-state index contributed by atoms with van der Waals surface area (Å²) < 4.78 is 1.60. The number of carbonyl (C=O) groups excluding carboxylic acids is 2. The van der Waals surface area contributed by atoms with Crippen molar-refractivity contribution < 1.29 is 9.59 Å². The summed E-state index contributed by atoms with van der Waals surface area (Å²) in [6, 6.07) is 2.01. The molecule has 0 aromatic carbocycles. The van der Waals surface area contributed by atoms with Crippen LogP contribution >= 0.6 is 11.6 Å². The maximum absolute atomic E-state index is 13.1.